The van der Waals surface area contributed by atoms with Crippen LogP contribution in [0.4, 0.5) is 21.0 Å². The highest BCUT2D eigenvalue weighted by Crippen LogP contribution is 2.33. The zero-order chi connectivity index (χ0) is 28.6. The van der Waals surface area contributed by atoms with Crippen LogP contribution in [-0.4, -0.2) is 51.7 Å². The molecule has 10 nitrogen and oxygen atoms in total. The van der Waals surface area contributed by atoms with Gasteiger partial charge in [-0.3, -0.25) is 15.0 Å². The molecule has 4 rings (SSSR count). The van der Waals surface area contributed by atoms with Crippen LogP contribution in [0.15, 0.2) is 60.8 Å². The van der Waals surface area contributed by atoms with Crippen molar-refractivity contribution < 1.29 is 24.2 Å². The zero-order valence-electron chi connectivity index (χ0n) is 22.3. The number of carboxylic acid groups (broad SMARTS) is 1. The number of ether oxygens (including phenoxy) is 1. The average Bonchev–Trinajstić information content (AvgIpc) is 3.41. The van der Waals surface area contributed by atoms with E-state index >= 15 is 0 Å². The minimum Gasteiger partial charge on any atom is -0.465 e. The molecule has 0 aliphatic carbocycles. The molecular weight excluding hydrogens is 534 g/mol. The molecule has 3 aromatic rings. The standard InChI is InChI=1S/C29H32ClN5O5/c1-18(19-7-6-8-20(30)15-19)13-14-35(29(38)39)25-9-4-3-5-10-26(36)33-23-16-21(32-28(37)40-2)11-12-22(23)24-17-31-27(25)34-24/h3-4,6-8,11-12,15-18,25H,5,9-10,13-14H2,1-2H3,(H,31,34)(H,32,37)(H,33,36)(H,38,39)/b4-3+/t18?,25-/m0/s1. The second-order valence-electron chi connectivity index (χ2n) is 9.59. The van der Waals surface area contributed by atoms with E-state index in [1.165, 1.54) is 12.0 Å². The summed E-state index contributed by atoms with van der Waals surface area (Å²) in [5.41, 5.74) is 3.20. The van der Waals surface area contributed by atoms with E-state index < -0.39 is 18.2 Å². The fraction of sp³-hybridized carbons (Fsp3) is 0.310. The van der Waals surface area contributed by atoms with Crippen LogP contribution in [0.2, 0.25) is 5.02 Å². The third kappa shape index (κ3) is 7.20. The van der Waals surface area contributed by atoms with E-state index in [2.05, 4.69) is 25.3 Å². The number of carbonyl (C=O) groups excluding carboxylic acids is 2. The van der Waals surface area contributed by atoms with E-state index in [0.29, 0.717) is 52.7 Å². The van der Waals surface area contributed by atoms with E-state index in [0.717, 1.165) is 5.56 Å². The number of halogens is 1. The lowest BCUT2D eigenvalue weighted by Crippen LogP contribution is -2.35. The Morgan fingerprint density at radius 2 is 2.08 bits per heavy atom. The molecule has 2 aromatic carbocycles. The molecule has 210 valence electrons. The fourth-order valence-corrected chi connectivity index (χ4v) is 4.82. The van der Waals surface area contributed by atoms with Gasteiger partial charge in [-0.25, -0.2) is 14.6 Å². The summed E-state index contributed by atoms with van der Waals surface area (Å²) >= 11 is 6.16. The smallest absolute Gasteiger partial charge is 0.411 e. The summed E-state index contributed by atoms with van der Waals surface area (Å²) in [6.07, 6.45) is 5.40. The van der Waals surface area contributed by atoms with Gasteiger partial charge in [0.05, 0.1) is 30.7 Å². The Morgan fingerprint density at radius 3 is 2.83 bits per heavy atom. The third-order valence-corrected chi connectivity index (χ3v) is 7.07. The highest BCUT2D eigenvalue weighted by atomic mass is 35.5. The average molecular weight is 566 g/mol. The first-order valence-electron chi connectivity index (χ1n) is 13.0. The van der Waals surface area contributed by atoms with Crippen LogP contribution in [0, 0.1) is 0 Å². The Kier molecular flexibility index (Phi) is 9.44. The fourth-order valence-electron chi connectivity index (χ4n) is 4.63. The maximum absolute atomic E-state index is 12.7. The number of allylic oxidation sites excluding steroid dienone is 1. The van der Waals surface area contributed by atoms with Crippen molar-refractivity contribution in [2.75, 3.05) is 24.3 Å². The second kappa shape index (κ2) is 13.2. The summed E-state index contributed by atoms with van der Waals surface area (Å²) in [4.78, 5) is 46.1. The van der Waals surface area contributed by atoms with Gasteiger partial charge >= 0.3 is 12.2 Å². The van der Waals surface area contributed by atoms with Gasteiger partial charge in [-0.1, -0.05) is 42.8 Å². The molecule has 0 radical (unpaired) electrons. The number of rotatable bonds is 6. The number of methoxy groups -OCH3 is 1. The molecule has 3 amide bonds. The SMILES string of the molecule is COC(=O)Nc1ccc2c(c1)NC(=O)CC/C=C/C[C@H](N(CCC(C)c1cccc(Cl)c1)C(=O)O)c1ncc-2[nH]1. The molecule has 1 aliphatic heterocycles. The Morgan fingerprint density at radius 1 is 1.25 bits per heavy atom. The number of anilines is 2. The van der Waals surface area contributed by atoms with Crippen molar-refractivity contribution in [3.63, 3.8) is 0 Å². The summed E-state index contributed by atoms with van der Waals surface area (Å²) in [6.45, 7) is 2.34. The maximum Gasteiger partial charge on any atom is 0.411 e. The number of nitrogens with zero attached hydrogens (tertiary/aromatic N) is 2. The number of nitrogens with one attached hydrogen (secondary N) is 3. The number of H-pyrrole nitrogens is 1. The Bertz CT molecular complexity index is 1400. The van der Waals surface area contributed by atoms with Crippen molar-refractivity contribution in [3.05, 3.63) is 77.2 Å². The minimum absolute atomic E-state index is 0.0924. The van der Waals surface area contributed by atoms with Gasteiger partial charge in [-0.2, -0.15) is 0 Å². The van der Waals surface area contributed by atoms with Gasteiger partial charge in [-0.05, 0) is 61.1 Å². The highest BCUT2D eigenvalue weighted by Gasteiger charge is 2.28. The van der Waals surface area contributed by atoms with Gasteiger partial charge < -0.3 is 20.1 Å². The summed E-state index contributed by atoms with van der Waals surface area (Å²) < 4.78 is 4.67. The molecule has 0 spiro atoms. The van der Waals surface area contributed by atoms with Crippen molar-refractivity contribution in [2.24, 2.45) is 0 Å². The lowest BCUT2D eigenvalue weighted by atomic mass is 9.97. The second-order valence-corrected chi connectivity index (χ2v) is 10.0. The largest absolute Gasteiger partial charge is 0.465 e. The molecule has 4 N–H and O–H groups in total. The molecule has 0 fully saturated rings. The number of hydrogen-bond donors (Lipinski definition) is 4. The van der Waals surface area contributed by atoms with Gasteiger partial charge in [0.2, 0.25) is 5.91 Å². The van der Waals surface area contributed by atoms with E-state index in [1.807, 2.05) is 43.3 Å². The molecular formula is C29H32ClN5O5. The first-order valence-corrected chi connectivity index (χ1v) is 13.4. The third-order valence-electron chi connectivity index (χ3n) is 6.83. The quantitative estimate of drug-likeness (QED) is 0.242. The van der Waals surface area contributed by atoms with Gasteiger partial charge in [0.15, 0.2) is 0 Å². The first kappa shape index (κ1) is 28.7. The predicted molar refractivity (Wildman–Crippen MR) is 154 cm³/mol. The number of amides is 3. The topological polar surface area (TPSA) is 137 Å². The van der Waals surface area contributed by atoms with Gasteiger partial charge in [0.25, 0.3) is 0 Å². The normalized spacial score (nSPS) is 16.7. The van der Waals surface area contributed by atoms with Crippen molar-refractivity contribution in [1.29, 1.82) is 0 Å². The number of benzene rings is 2. The molecule has 1 unspecified atom stereocenters. The summed E-state index contributed by atoms with van der Waals surface area (Å²) in [6, 6.07) is 12.1. The molecule has 11 heteroatoms. The first-order chi connectivity index (χ1) is 19.2. The Labute approximate surface area is 237 Å². The van der Waals surface area contributed by atoms with E-state index in [9.17, 15) is 19.5 Å². The van der Waals surface area contributed by atoms with E-state index in [1.54, 1.807) is 24.4 Å². The van der Waals surface area contributed by atoms with Crippen molar-refractivity contribution in [3.8, 4) is 11.3 Å². The van der Waals surface area contributed by atoms with Gasteiger partial charge in [0, 0.05) is 29.2 Å². The van der Waals surface area contributed by atoms with Crippen molar-refractivity contribution >= 4 is 41.1 Å². The lowest BCUT2D eigenvalue weighted by molar-refractivity contribution is -0.116. The maximum atomic E-state index is 12.7. The molecule has 2 heterocycles. The Hall–Kier alpha value is -4.31. The molecule has 0 saturated heterocycles. The van der Waals surface area contributed by atoms with Crippen LogP contribution in [0.25, 0.3) is 11.3 Å². The molecule has 40 heavy (non-hydrogen) atoms. The minimum atomic E-state index is -1.05. The molecule has 2 atom stereocenters. The summed E-state index contributed by atoms with van der Waals surface area (Å²) in [7, 11) is 1.27. The monoisotopic (exact) mass is 565 g/mol. The van der Waals surface area contributed by atoms with E-state index in [4.69, 9.17) is 11.6 Å². The number of aromatic amines is 1. The van der Waals surface area contributed by atoms with Crippen molar-refractivity contribution in [2.45, 2.75) is 44.6 Å². The van der Waals surface area contributed by atoms with Crippen LogP contribution >= 0.6 is 11.6 Å². The Balaban J connectivity index is 1.65. The molecule has 1 aromatic heterocycles. The van der Waals surface area contributed by atoms with Crippen LogP contribution in [0.3, 0.4) is 0 Å². The predicted octanol–water partition coefficient (Wildman–Crippen LogP) is 6.80. The van der Waals surface area contributed by atoms with E-state index in [-0.39, 0.29) is 24.8 Å². The van der Waals surface area contributed by atoms with Gasteiger partial charge in [0.1, 0.15) is 5.82 Å². The van der Waals surface area contributed by atoms with Gasteiger partial charge in [-0.15, -0.1) is 0 Å². The molecule has 2 bridgehead atoms. The molecule has 0 saturated carbocycles. The molecule has 1 aliphatic rings. The number of imidazole rings is 1. The summed E-state index contributed by atoms with van der Waals surface area (Å²) in [5, 5.41) is 16.4. The zero-order valence-corrected chi connectivity index (χ0v) is 23.1. The lowest BCUT2D eigenvalue weighted by Gasteiger charge is -2.28. The number of hydrogen-bond acceptors (Lipinski definition) is 5. The van der Waals surface area contributed by atoms with Crippen LogP contribution < -0.4 is 10.6 Å². The van der Waals surface area contributed by atoms with Crippen LogP contribution in [0.5, 0.6) is 0 Å². The summed E-state index contributed by atoms with van der Waals surface area (Å²) in [5.74, 6) is 0.388. The highest BCUT2D eigenvalue weighted by molar-refractivity contribution is 6.30. The van der Waals surface area contributed by atoms with Crippen molar-refractivity contribution in [1.82, 2.24) is 14.9 Å². The van der Waals surface area contributed by atoms with Crippen LogP contribution in [-0.2, 0) is 9.53 Å². The van der Waals surface area contributed by atoms with Crippen LogP contribution in [0.1, 0.15) is 56.0 Å². The number of fused-ring (bicyclic) bond motifs is 4. The number of carbonyl (C=O) groups is 3. The number of aromatic nitrogens is 2.